The SMILES string of the molecule is CCOP(=O)(OCC)C(=C1SCCCS1)C(O)C(C)(C)C. The second kappa shape index (κ2) is 8.42. The molecule has 1 atom stereocenters. The van der Waals surface area contributed by atoms with Gasteiger partial charge in [-0.3, -0.25) is 4.57 Å². The van der Waals surface area contributed by atoms with E-state index in [1.165, 1.54) is 0 Å². The summed E-state index contributed by atoms with van der Waals surface area (Å²) >= 11 is 3.29. The summed E-state index contributed by atoms with van der Waals surface area (Å²) in [6.07, 6.45) is 0.264. The minimum Gasteiger partial charge on any atom is -0.387 e. The van der Waals surface area contributed by atoms with Gasteiger partial charge in [-0.05, 0) is 37.2 Å². The summed E-state index contributed by atoms with van der Waals surface area (Å²) < 4.78 is 25.1. The first kappa shape index (κ1) is 19.6. The Labute approximate surface area is 137 Å². The van der Waals surface area contributed by atoms with Crippen molar-refractivity contribution < 1.29 is 18.7 Å². The van der Waals surface area contributed by atoms with Gasteiger partial charge in [-0.25, -0.2) is 0 Å². The average Bonchev–Trinajstić information content (AvgIpc) is 2.39. The zero-order valence-electron chi connectivity index (χ0n) is 13.5. The first-order valence-electron chi connectivity index (χ1n) is 7.33. The van der Waals surface area contributed by atoms with Crippen LogP contribution >= 0.6 is 31.1 Å². The third kappa shape index (κ3) is 5.29. The van der Waals surface area contributed by atoms with Gasteiger partial charge in [0.2, 0.25) is 0 Å². The molecule has 0 aromatic carbocycles. The fraction of sp³-hybridized carbons (Fsp3) is 0.857. The van der Waals surface area contributed by atoms with Crippen molar-refractivity contribution in [3.8, 4) is 0 Å². The lowest BCUT2D eigenvalue weighted by atomic mass is 9.89. The molecule has 124 valence electrons. The number of aliphatic hydroxyl groups excluding tert-OH is 1. The standard InChI is InChI=1S/C14H27O4PS2/c1-6-17-19(16,18-7-2)11(12(15)14(3,4)5)13-20-9-8-10-21-13/h12,15H,6-10H2,1-5H3. The molecule has 0 aliphatic carbocycles. The summed E-state index contributed by atoms with van der Waals surface area (Å²) in [7, 11) is -3.46. The van der Waals surface area contributed by atoms with Crippen LogP contribution in [-0.4, -0.2) is 35.9 Å². The second-order valence-electron chi connectivity index (χ2n) is 5.82. The largest absolute Gasteiger partial charge is 0.387 e. The molecule has 0 bridgehead atoms. The second-order valence-corrected chi connectivity index (χ2v) is 10.3. The Kier molecular flexibility index (Phi) is 7.85. The summed E-state index contributed by atoms with van der Waals surface area (Å²) in [5.74, 6) is 1.95. The van der Waals surface area contributed by atoms with E-state index in [0.717, 1.165) is 22.2 Å². The van der Waals surface area contributed by atoms with E-state index in [9.17, 15) is 9.67 Å². The highest BCUT2D eigenvalue weighted by Gasteiger charge is 2.42. The fourth-order valence-electron chi connectivity index (χ4n) is 1.88. The average molecular weight is 354 g/mol. The molecule has 0 aromatic heterocycles. The molecule has 1 heterocycles. The Morgan fingerprint density at radius 2 is 1.71 bits per heavy atom. The molecule has 1 N–H and O–H groups in total. The minimum atomic E-state index is -3.46. The van der Waals surface area contributed by atoms with Crippen molar-refractivity contribution in [3.63, 3.8) is 0 Å². The number of hydrogen-bond acceptors (Lipinski definition) is 6. The van der Waals surface area contributed by atoms with Crippen molar-refractivity contribution in [1.82, 2.24) is 0 Å². The molecule has 4 nitrogen and oxygen atoms in total. The van der Waals surface area contributed by atoms with E-state index >= 15 is 0 Å². The molecular formula is C14H27O4PS2. The lowest BCUT2D eigenvalue weighted by Gasteiger charge is -2.33. The highest BCUT2D eigenvalue weighted by molar-refractivity contribution is 8.23. The van der Waals surface area contributed by atoms with Gasteiger partial charge < -0.3 is 14.2 Å². The number of aliphatic hydroxyl groups is 1. The van der Waals surface area contributed by atoms with Gasteiger partial charge in [0.1, 0.15) is 0 Å². The molecule has 21 heavy (non-hydrogen) atoms. The third-order valence-electron chi connectivity index (χ3n) is 2.94. The first-order chi connectivity index (χ1) is 9.76. The molecule has 0 spiro atoms. The van der Waals surface area contributed by atoms with E-state index in [4.69, 9.17) is 9.05 Å². The van der Waals surface area contributed by atoms with Crippen molar-refractivity contribution in [2.45, 2.75) is 47.1 Å². The quantitative estimate of drug-likeness (QED) is 0.698. The van der Waals surface area contributed by atoms with Crippen LogP contribution in [0.1, 0.15) is 41.0 Å². The summed E-state index contributed by atoms with van der Waals surface area (Å²) in [5, 5.41) is 11.2. The van der Waals surface area contributed by atoms with Crippen LogP contribution in [0.4, 0.5) is 0 Å². The van der Waals surface area contributed by atoms with Crippen LogP contribution in [0.2, 0.25) is 0 Å². The van der Waals surface area contributed by atoms with Crippen molar-refractivity contribution in [1.29, 1.82) is 0 Å². The summed E-state index contributed by atoms with van der Waals surface area (Å²) in [6, 6.07) is 0. The maximum Gasteiger partial charge on any atom is 0.361 e. The van der Waals surface area contributed by atoms with Crippen LogP contribution in [0.15, 0.2) is 9.55 Å². The molecule has 0 radical (unpaired) electrons. The van der Waals surface area contributed by atoms with E-state index in [-0.39, 0.29) is 0 Å². The smallest absolute Gasteiger partial charge is 0.361 e. The molecule has 1 aliphatic heterocycles. The summed E-state index contributed by atoms with van der Waals surface area (Å²) in [4.78, 5) is 0. The Hall–Kier alpha value is 0.550. The highest BCUT2D eigenvalue weighted by Crippen LogP contribution is 2.63. The van der Waals surface area contributed by atoms with Crippen LogP contribution < -0.4 is 0 Å². The Morgan fingerprint density at radius 3 is 2.10 bits per heavy atom. The van der Waals surface area contributed by atoms with Crippen molar-refractivity contribution >= 4 is 31.1 Å². The van der Waals surface area contributed by atoms with Gasteiger partial charge in [-0.2, -0.15) is 0 Å². The molecular weight excluding hydrogens is 327 g/mol. The maximum absolute atomic E-state index is 13.2. The van der Waals surface area contributed by atoms with E-state index in [0.29, 0.717) is 18.5 Å². The maximum atomic E-state index is 13.2. The number of thioether (sulfide) groups is 2. The zero-order chi connectivity index (χ0) is 16.1. The molecule has 1 fully saturated rings. The minimum absolute atomic E-state index is 0.292. The molecule has 1 aliphatic rings. The predicted molar refractivity (Wildman–Crippen MR) is 92.9 cm³/mol. The molecule has 0 saturated carbocycles. The number of rotatable bonds is 6. The molecule has 0 aromatic rings. The van der Waals surface area contributed by atoms with Gasteiger partial charge in [0.05, 0.1) is 28.9 Å². The van der Waals surface area contributed by atoms with Crippen molar-refractivity contribution in [3.05, 3.63) is 9.55 Å². The van der Waals surface area contributed by atoms with E-state index in [1.54, 1.807) is 37.4 Å². The monoisotopic (exact) mass is 354 g/mol. The Morgan fingerprint density at radius 1 is 1.24 bits per heavy atom. The van der Waals surface area contributed by atoms with Gasteiger partial charge in [-0.1, -0.05) is 20.8 Å². The van der Waals surface area contributed by atoms with E-state index in [1.807, 2.05) is 20.8 Å². The normalized spacial score (nSPS) is 18.7. The van der Waals surface area contributed by atoms with Crippen LogP contribution in [0.25, 0.3) is 0 Å². The van der Waals surface area contributed by atoms with Crippen LogP contribution in [0, 0.1) is 5.41 Å². The summed E-state index contributed by atoms with van der Waals surface area (Å²) in [6.45, 7) is 9.95. The van der Waals surface area contributed by atoms with Crippen LogP contribution in [0.3, 0.4) is 0 Å². The highest BCUT2D eigenvalue weighted by atomic mass is 32.2. The van der Waals surface area contributed by atoms with Crippen molar-refractivity contribution in [2.24, 2.45) is 5.41 Å². The molecule has 1 rings (SSSR count). The van der Waals surface area contributed by atoms with E-state index in [2.05, 4.69) is 0 Å². The van der Waals surface area contributed by atoms with Gasteiger partial charge in [0.15, 0.2) is 0 Å². The predicted octanol–water partition coefficient (Wildman–Crippen LogP) is 4.70. The topological polar surface area (TPSA) is 55.8 Å². The van der Waals surface area contributed by atoms with E-state index < -0.39 is 19.1 Å². The Bertz CT molecular complexity index is 400. The zero-order valence-corrected chi connectivity index (χ0v) is 16.1. The molecule has 7 heteroatoms. The van der Waals surface area contributed by atoms with Gasteiger partial charge in [0.25, 0.3) is 0 Å². The van der Waals surface area contributed by atoms with Gasteiger partial charge >= 0.3 is 7.60 Å². The molecule has 0 amide bonds. The molecule has 1 saturated heterocycles. The lowest BCUT2D eigenvalue weighted by molar-refractivity contribution is 0.0946. The Balaban J connectivity index is 3.32. The van der Waals surface area contributed by atoms with Crippen LogP contribution in [0.5, 0.6) is 0 Å². The molecule has 1 unspecified atom stereocenters. The number of hydrogen-bond donors (Lipinski definition) is 1. The van der Waals surface area contributed by atoms with Gasteiger partial charge in [-0.15, -0.1) is 23.5 Å². The lowest BCUT2D eigenvalue weighted by Crippen LogP contribution is -2.29. The third-order valence-corrected chi connectivity index (χ3v) is 8.15. The van der Waals surface area contributed by atoms with Crippen LogP contribution in [-0.2, 0) is 13.6 Å². The fourth-order valence-corrected chi connectivity index (χ4v) is 7.36. The van der Waals surface area contributed by atoms with Gasteiger partial charge in [0, 0.05) is 0 Å². The summed E-state index contributed by atoms with van der Waals surface area (Å²) in [5.41, 5.74) is -0.426. The van der Waals surface area contributed by atoms with Crippen molar-refractivity contribution in [2.75, 3.05) is 24.7 Å². The first-order valence-corrected chi connectivity index (χ1v) is 10.8.